The molecule has 0 aliphatic heterocycles. The maximum absolute atomic E-state index is 12.1. The SMILES string of the molecule is Cc1nc2ccccc2n(CCCC(C)N)c1=O. The summed E-state index contributed by atoms with van der Waals surface area (Å²) in [5.74, 6) is 0. The van der Waals surface area contributed by atoms with Gasteiger partial charge in [-0.25, -0.2) is 4.98 Å². The third-order valence-electron chi connectivity index (χ3n) is 3.06. The average Bonchev–Trinajstić information content (AvgIpc) is 2.33. The van der Waals surface area contributed by atoms with Crippen LogP contribution in [-0.2, 0) is 6.54 Å². The van der Waals surface area contributed by atoms with Crippen molar-refractivity contribution in [2.24, 2.45) is 5.73 Å². The lowest BCUT2D eigenvalue weighted by Crippen LogP contribution is -2.25. The number of hydrogen-bond acceptors (Lipinski definition) is 3. The van der Waals surface area contributed by atoms with Gasteiger partial charge in [0.1, 0.15) is 5.69 Å². The quantitative estimate of drug-likeness (QED) is 0.894. The molecule has 4 heteroatoms. The normalized spacial score (nSPS) is 12.8. The minimum Gasteiger partial charge on any atom is -0.328 e. The first-order valence-electron chi connectivity index (χ1n) is 6.31. The first kappa shape index (κ1) is 12.8. The highest BCUT2D eigenvalue weighted by atomic mass is 16.1. The van der Waals surface area contributed by atoms with Gasteiger partial charge in [-0.3, -0.25) is 4.79 Å². The van der Waals surface area contributed by atoms with Gasteiger partial charge in [-0.05, 0) is 38.8 Å². The number of para-hydroxylation sites is 2. The summed E-state index contributed by atoms with van der Waals surface area (Å²) in [4.78, 5) is 16.4. The minimum absolute atomic E-state index is 0.00151. The highest BCUT2D eigenvalue weighted by Gasteiger charge is 2.07. The lowest BCUT2D eigenvalue weighted by Gasteiger charge is -2.11. The predicted molar refractivity (Wildman–Crippen MR) is 73.6 cm³/mol. The van der Waals surface area contributed by atoms with Crippen LogP contribution < -0.4 is 11.3 Å². The molecule has 0 amide bonds. The van der Waals surface area contributed by atoms with Crippen molar-refractivity contribution in [3.8, 4) is 0 Å². The first-order valence-corrected chi connectivity index (χ1v) is 6.31. The molecule has 2 N–H and O–H groups in total. The lowest BCUT2D eigenvalue weighted by molar-refractivity contribution is 0.556. The van der Waals surface area contributed by atoms with Crippen molar-refractivity contribution in [1.82, 2.24) is 9.55 Å². The van der Waals surface area contributed by atoms with Crippen molar-refractivity contribution < 1.29 is 0 Å². The molecule has 0 aliphatic rings. The van der Waals surface area contributed by atoms with Crippen LogP contribution in [0.3, 0.4) is 0 Å². The molecule has 0 aliphatic carbocycles. The number of rotatable bonds is 4. The van der Waals surface area contributed by atoms with Crippen molar-refractivity contribution in [3.63, 3.8) is 0 Å². The van der Waals surface area contributed by atoms with Crippen LogP contribution in [0.2, 0.25) is 0 Å². The monoisotopic (exact) mass is 245 g/mol. The lowest BCUT2D eigenvalue weighted by atomic mass is 10.2. The van der Waals surface area contributed by atoms with Crippen LogP contribution in [0.25, 0.3) is 11.0 Å². The zero-order chi connectivity index (χ0) is 13.1. The Labute approximate surface area is 106 Å². The van der Waals surface area contributed by atoms with Crippen LogP contribution in [0.1, 0.15) is 25.5 Å². The van der Waals surface area contributed by atoms with E-state index in [-0.39, 0.29) is 11.6 Å². The number of fused-ring (bicyclic) bond motifs is 1. The molecule has 1 aromatic carbocycles. The average molecular weight is 245 g/mol. The van der Waals surface area contributed by atoms with E-state index in [1.54, 1.807) is 11.5 Å². The molecular weight excluding hydrogens is 226 g/mol. The van der Waals surface area contributed by atoms with E-state index >= 15 is 0 Å². The van der Waals surface area contributed by atoms with Crippen LogP contribution in [-0.4, -0.2) is 15.6 Å². The van der Waals surface area contributed by atoms with Gasteiger partial charge in [-0.2, -0.15) is 0 Å². The van der Waals surface area contributed by atoms with Gasteiger partial charge < -0.3 is 10.3 Å². The summed E-state index contributed by atoms with van der Waals surface area (Å²) < 4.78 is 1.81. The van der Waals surface area contributed by atoms with E-state index in [4.69, 9.17) is 5.73 Å². The third kappa shape index (κ3) is 2.59. The van der Waals surface area contributed by atoms with Crippen LogP contribution in [0.4, 0.5) is 0 Å². The standard InChI is InChI=1S/C14H19N3O/c1-10(15)6-5-9-17-13-8-4-3-7-12(13)16-11(2)14(17)18/h3-4,7-8,10H,5-6,9,15H2,1-2H3. The second kappa shape index (κ2) is 5.31. The van der Waals surface area contributed by atoms with Crippen LogP contribution in [0.5, 0.6) is 0 Å². The highest BCUT2D eigenvalue weighted by molar-refractivity contribution is 5.74. The Morgan fingerprint density at radius 1 is 1.39 bits per heavy atom. The fourth-order valence-electron chi connectivity index (χ4n) is 2.11. The van der Waals surface area contributed by atoms with Crippen molar-refractivity contribution in [3.05, 3.63) is 40.3 Å². The number of benzene rings is 1. The van der Waals surface area contributed by atoms with Gasteiger partial charge in [0.05, 0.1) is 11.0 Å². The second-order valence-corrected chi connectivity index (χ2v) is 4.76. The fourth-order valence-corrected chi connectivity index (χ4v) is 2.11. The number of aryl methyl sites for hydroxylation is 2. The molecule has 1 heterocycles. The second-order valence-electron chi connectivity index (χ2n) is 4.76. The van der Waals surface area contributed by atoms with Crippen molar-refractivity contribution in [1.29, 1.82) is 0 Å². The minimum atomic E-state index is -0.00151. The molecule has 2 rings (SSSR count). The van der Waals surface area contributed by atoms with Gasteiger partial charge in [0, 0.05) is 12.6 Å². The number of aromatic nitrogens is 2. The molecule has 1 unspecified atom stereocenters. The molecule has 4 nitrogen and oxygen atoms in total. The molecule has 0 spiro atoms. The molecule has 0 saturated carbocycles. The summed E-state index contributed by atoms with van der Waals surface area (Å²) in [7, 11) is 0. The van der Waals surface area contributed by atoms with Gasteiger partial charge in [0.15, 0.2) is 0 Å². The number of nitrogens with two attached hydrogens (primary N) is 1. The Hall–Kier alpha value is -1.68. The molecule has 96 valence electrons. The van der Waals surface area contributed by atoms with Crippen LogP contribution >= 0.6 is 0 Å². The van der Waals surface area contributed by atoms with Gasteiger partial charge in [0.25, 0.3) is 5.56 Å². The Morgan fingerprint density at radius 2 is 2.11 bits per heavy atom. The van der Waals surface area contributed by atoms with Crippen molar-refractivity contribution in [2.45, 2.75) is 39.3 Å². The third-order valence-corrected chi connectivity index (χ3v) is 3.06. The topological polar surface area (TPSA) is 60.9 Å². The van der Waals surface area contributed by atoms with E-state index in [9.17, 15) is 4.79 Å². The summed E-state index contributed by atoms with van der Waals surface area (Å²) in [6.07, 6.45) is 1.83. The van der Waals surface area contributed by atoms with E-state index in [0.717, 1.165) is 23.9 Å². The van der Waals surface area contributed by atoms with Crippen molar-refractivity contribution in [2.75, 3.05) is 0 Å². The molecule has 0 fully saturated rings. The molecule has 1 atom stereocenters. The zero-order valence-electron chi connectivity index (χ0n) is 10.9. The van der Waals surface area contributed by atoms with E-state index in [0.29, 0.717) is 12.2 Å². The molecule has 2 aromatic rings. The predicted octanol–water partition coefficient (Wildman–Crippen LogP) is 1.83. The van der Waals surface area contributed by atoms with E-state index in [1.807, 2.05) is 31.2 Å². The smallest absolute Gasteiger partial charge is 0.272 e. The van der Waals surface area contributed by atoms with E-state index in [2.05, 4.69) is 4.98 Å². The van der Waals surface area contributed by atoms with E-state index < -0.39 is 0 Å². The largest absolute Gasteiger partial charge is 0.328 e. The van der Waals surface area contributed by atoms with E-state index in [1.165, 1.54) is 0 Å². The summed E-state index contributed by atoms with van der Waals surface area (Å²) >= 11 is 0. The maximum atomic E-state index is 12.1. The molecular formula is C14H19N3O. The summed E-state index contributed by atoms with van der Waals surface area (Å²) in [6.45, 7) is 4.44. The maximum Gasteiger partial charge on any atom is 0.272 e. The Kier molecular flexibility index (Phi) is 3.77. The molecule has 0 radical (unpaired) electrons. The number of hydrogen-bond donors (Lipinski definition) is 1. The zero-order valence-corrected chi connectivity index (χ0v) is 10.9. The highest BCUT2D eigenvalue weighted by Crippen LogP contribution is 2.10. The Balaban J connectivity index is 2.41. The van der Waals surface area contributed by atoms with Crippen LogP contribution in [0, 0.1) is 6.92 Å². The molecule has 1 aromatic heterocycles. The van der Waals surface area contributed by atoms with Gasteiger partial charge >= 0.3 is 0 Å². The number of nitrogens with zero attached hydrogens (tertiary/aromatic N) is 2. The van der Waals surface area contributed by atoms with Crippen molar-refractivity contribution >= 4 is 11.0 Å². The van der Waals surface area contributed by atoms with Gasteiger partial charge in [-0.15, -0.1) is 0 Å². The molecule has 0 bridgehead atoms. The summed E-state index contributed by atoms with van der Waals surface area (Å²) in [6, 6.07) is 7.92. The summed E-state index contributed by atoms with van der Waals surface area (Å²) in [5.41, 5.74) is 8.06. The van der Waals surface area contributed by atoms with Gasteiger partial charge in [-0.1, -0.05) is 12.1 Å². The van der Waals surface area contributed by atoms with Crippen LogP contribution in [0.15, 0.2) is 29.1 Å². The molecule has 0 saturated heterocycles. The van der Waals surface area contributed by atoms with Gasteiger partial charge in [0.2, 0.25) is 0 Å². The fraction of sp³-hybridized carbons (Fsp3) is 0.429. The molecule has 18 heavy (non-hydrogen) atoms. The summed E-state index contributed by atoms with van der Waals surface area (Å²) in [5, 5.41) is 0. The Morgan fingerprint density at radius 3 is 2.83 bits per heavy atom. The first-order chi connectivity index (χ1) is 8.59. The Bertz CT molecular complexity index is 602.